The first-order valence-corrected chi connectivity index (χ1v) is 9.30. The van der Waals surface area contributed by atoms with E-state index < -0.39 is 0 Å². The minimum atomic E-state index is -0.131. The van der Waals surface area contributed by atoms with Gasteiger partial charge in [0, 0.05) is 17.0 Å². The highest BCUT2D eigenvalue weighted by Gasteiger charge is 2.09. The molecule has 0 fully saturated rings. The predicted molar refractivity (Wildman–Crippen MR) is 104 cm³/mol. The van der Waals surface area contributed by atoms with Gasteiger partial charge in [0.25, 0.3) is 0 Å². The molecule has 0 saturated heterocycles. The Morgan fingerprint density at radius 2 is 2.11 bits per heavy atom. The van der Waals surface area contributed by atoms with Crippen molar-refractivity contribution in [1.29, 1.82) is 5.26 Å². The van der Waals surface area contributed by atoms with Gasteiger partial charge in [0.15, 0.2) is 0 Å². The Morgan fingerprint density at radius 3 is 2.85 bits per heavy atom. The van der Waals surface area contributed by atoms with Gasteiger partial charge in [0.1, 0.15) is 12.0 Å². The number of thioether (sulfide) groups is 1. The molecular formula is C20H17N3O3S. The van der Waals surface area contributed by atoms with Crippen LogP contribution in [0.5, 0.6) is 5.75 Å². The number of nitrogens with zero attached hydrogens (tertiary/aromatic N) is 2. The zero-order chi connectivity index (χ0) is 19.1. The molecule has 0 radical (unpaired) electrons. The van der Waals surface area contributed by atoms with Crippen LogP contribution in [-0.4, -0.2) is 23.8 Å². The third-order valence-electron chi connectivity index (χ3n) is 3.65. The number of ether oxygens (including phenoxy) is 1. The molecule has 0 aliphatic heterocycles. The average molecular weight is 379 g/mol. The standard InChI is InChI=1S/C20H17N3O3S/c1-25-18-7-5-15(6-8-18)20-23-17(11-26-20)12-27-13-19(24)22-16-4-2-3-14(9-16)10-21/h2-9,11H,12-13H2,1H3,(H,22,24). The van der Waals surface area contributed by atoms with Crippen molar-refractivity contribution in [3.8, 4) is 23.3 Å². The summed E-state index contributed by atoms with van der Waals surface area (Å²) in [4.78, 5) is 16.5. The Balaban J connectivity index is 1.49. The first kappa shape index (κ1) is 18.5. The number of carbonyl (C=O) groups excluding carboxylic acids is 1. The smallest absolute Gasteiger partial charge is 0.234 e. The lowest BCUT2D eigenvalue weighted by molar-refractivity contribution is -0.113. The first-order chi connectivity index (χ1) is 13.2. The monoisotopic (exact) mass is 379 g/mol. The highest BCUT2D eigenvalue weighted by Crippen LogP contribution is 2.23. The third kappa shape index (κ3) is 5.12. The van der Waals surface area contributed by atoms with Crippen LogP contribution in [-0.2, 0) is 10.5 Å². The van der Waals surface area contributed by atoms with Gasteiger partial charge in [0.2, 0.25) is 11.8 Å². The van der Waals surface area contributed by atoms with Gasteiger partial charge in [-0.2, -0.15) is 5.26 Å². The van der Waals surface area contributed by atoms with Crippen LogP contribution in [0.4, 0.5) is 5.69 Å². The number of amides is 1. The fourth-order valence-corrected chi connectivity index (χ4v) is 3.05. The van der Waals surface area contributed by atoms with Crippen molar-refractivity contribution in [3.05, 3.63) is 66.1 Å². The molecule has 0 unspecified atom stereocenters. The molecule has 3 rings (SSSR count). The van der Waals surface area contributed by atoms with Crippen LogP contribution in [0.1, 0.15) is 11.3 Å². The Hall–Kier alpha value is -3.24. The van der Waals surface area contributed by atoms with Gasteiger partial charge < -0.3 is 14.5 Å². The molecule has 1 amide bonds. The van der Waals surface area contributed by atoms with E-state index in [4.69, 9.17) is 14.4 Å². The van der Waals surface area contributed by atoms with Crippen molar-refractivity contribution < 1.29 is 13.9 Å². The summed E-state index contributed by atoms with van der Waals surface area (Å²) in [5.74, 6) is 2.01. The zero-order valence-electron chi connectivity index (χ0n) is 14.6. The van der Waals surface area contributed by atoms with Crippen molar-refractivity contribution in [2.45, 2.75) is 5.75 Å². The predicted octanol–water partition coefficient (Wildman–Crippen LogP) is 4.09. The van der Waals surface area contributed by atoms with E-state index in [1.807, 2.05) is 30.3 Å². The van der Waals surface area contributed by atoms with Crippen molar-refractivity contribution in [2.75, 3.05) is 18.2 Å². The van der Waals surface area contributed by atoms with Gasteiger partial charge in [-0.3, -0.25) is 4.79 Å². The number of hydrogen-bond acceptors (Lipinski definition) is 6. The number of benzene rings is 2. The lowest BCUT2D eigenvalue weighted by atomic mass is 10.2. The summed E-state index contributed by atoms with van der Waals surface area (Å²) >= 11 is 1.44. The number of oxazole rings is 1. The van der Waals surface area contributed by atoms with E-state index in [0.717, 1.165) is 17.0 Å². The fraction of sp³-hybridized carbons (Fsp3) is 0.150. The Bertz CT molecular complexity index is 961. The van der Waals surface area contributed by atoms with Crippen molar-refractivity contribution in [1.82, 2.24) is 4.98 Å². The van der Waals surface area contributed by atoms with Gasteiger partial charge in [-0.25, -0.2) is 4.98 Å². The van der Waals surface area contributed by atoms with Crippen LogP contribution in [0, 0.1) is 11.3 Å². The molecule has 0 aliphatic carbocycles. The molecule has 1 N–H and O–H groups in total. The summed E-state index contributed by atoms with van der Waals surface area (Å²) in [6.07, 6.45) is 1.60. The Labute approximate surface area is 161 Å². The maximum atomic E-state index is 12.0. The summed E-state index contributed by atoms with van der Waals surface area (Å²) in [6.45, 7) is 0. The molecule has 2 aromatic carbocycles. The Kier molecular flexibility index (Phi) is 6.13. The normalized spacial score (nSPS) is 10.2. The van der Waals surface area contributed by atoms with Crippen LogP contribution in [0.15, 0.2) is 59.2 Å². The van der Waals surface area contributed by atoms with E-state index >= 15 is 0 Å². The minimum Gasteiger partial charge on any atom is -0.497 e. The second-order valence-corrected chi connectivity index (χ2v) is 6.59. The topological polar surface area (TPSA) is 88.1 Å². The zero-order valence-corrected chi connectivity index (χ0v) is 15.5. The summed E-state index contributed by atoms with van der Waals surface area (Å²) in [6, 6.07) is 16.3. The number of anilines is 1. The number of hydrogen-bond donors (Lipinski definition) is 1. The molecule has 3 aromatic rings. The van der Waals surface area contributed by atoms with Crippen molar-refractivity contribution >= 4 is 23.4 Å². The first-order valence-electron chi connectivity index (χ1n) is 8.14. The van der Waals surface area contributed by atoms with E-state index in [9.17, 15) is 4.79 Å². The molecule has 7 heteroatoms. The molecule has 0 atom stereocenters. The molecule has 6 nitrogen and oxygen atoms in total. The molecule has 1 heterocycles. The van der Waals surface area contributed by atoms with E-state index in [1.165, 1.54) is 11.8 Å². The average Bonchev–Trinajstić information content (AvgIpc) is 3.17. The van der Waals surface area contributed by atoms with Crippen molar-refractivity contribution in [2.24, 2.45) is 0 Å². The number of methoxy groups -OCH3 is 1. The third-order valence-corrected chi connectivity index (χ3v) is 4.61. The largest absolute Gasteiger partial charge is 0.497 e. The highest BCUT2D eigenvalue weighted by molar-refractivity contribution is 7.99. The molecular weight excluding hydrogens is 362 g/mol. The molecule has 136 valence electrons. The number of rotatable bonds is 7. The molecule has 0 spiro atoms. The second-order valence-electron chi connectivity index (χ2n) is 5.61. The van der Waals surface area contributed by atoms with Crippen LogP contribution >= 0.6 is 11.8 Å². The van der Waals surface area contributed by atoms with Gasteiger partial charge >= 0.3 is 0 Å². The lowest BCUT2D eigenvalue weighted by Crippen LogP contribution is -2.14. The summed E-state index contributed by atoms with van der Waals surface area (Å²) in [5, 5.41) is 11.7. The number of nitrogens with one attached hydrogen (secondary N) is 1. The molecule has 0 aliphatic rings. The van der Waals surface area contributed by atoms with Crippen LogP contribution in [0.25, 0.3) is 11.5 Å². The number of nitriles is 1. The minimum absolute atomic E-state index is 0.131. The number of aromatic nitrogens is 1. The molecule has 27 heavy (non-hydrogen) atoms. The van der Waals surface area contributed by atoms with Crippen LogP contribution in [0.2, 0.25) is 0 Å². The maximum Gasteiger partial charge on any atom is 0.234 e. The van der Waals surface area contributed by atoms with E-state index in [-0.39, 0.29) is 11.7 Å². The fourth-order valence-electron chi connectivity index (χ4n) is 2.35. The lowest BCUT2D eigenvalue weighted by Gasteiger charge is -2.04. The van der Waals surface area contributed by atoms with E-state index in [0.29, 0.717) is 22.9 Å². The highest BCUT2D eigenvalue weighted by atomic mass is 32.2. The molecule has 0 bridgehead atoms. The van der Waals surface area contributed by atoms with Crippen molar-refractivity contribution in [3.63, 3.8) is 0 Å². The molecule has 1 aromatic heterocycles. The molecule has 0 saturated carbocycles. The van der Waals surface area contributed by atoms with E-state index in [2.05, 4.69) is 10.3 Å². The van der Waals surface area contributed by atoms with E-state index in [1.54, 1.807) is 37.6 Å². The quantitative estimate of drug-likeness (QED) is 0.665. The van der Waals surface area contributed by atoms with Crippen LogP contribution in [0.3, 0.4) is 0 Å². The summed E-state index contributed by atoms with van der Waals surface area (Å²) in [5.41, 5.74) is 2.75. The SMILES string of the molecule is COc1ccc(-c2nc(CSCC(=O)Nc3cccc(C#N)c3)co2)cc1. The Morgan fingerprint density at radius 1 is 1.30 bits per heavy atom. The summed E-state index contributed by atoms with van der Waals surface area (Å²) in [7, 11) is 1.62. The van der Waals surface area contributed by atoms with Gasteiger partial charge in [-0.15, -0.1) is 11.8 Å². The van der Waals surface area contributed by atoms with Gasteiger partial charge in [-0.05, 0) is 42.5 Å². The number of carbonyl (C=O) groups is 1. The second kappa shape index (κ2) is 8.92. The van der Waals surface area contributed by atoms with Gasteiger partial charge in [-0.1, -0.05) is 6.07 Å². The maximum absolute atomic E-state index is 12.0. The van der Waals surface area contributed by atoms with Crippen LogP contribution < -0.4 is 10.1 Å². The summed E-state index contributed by atoms with van der Waals surface area (Å²) < 4.78 is 10.6. The van der Waals surface area contributed by atoms with Gasteiger partial charge in [0.05, 0.1) is 30.2 Å².